The van der Waals surface area contributed by atoms with Gasteiger partial charge in [0.1, 0.15) is 6.10 Å². The monoisotopic (exact) mass is 318 g/mol. The second-order valence-electron chi connectivity index (χ2n) is 6.33. The zero-order chi connectivity index (χ0) is 16.8. The Kier molecular flexibility index (Phi) is 3.64. The molecule has 120 valence electrons. The lowest BCUT2D eigenvalue weighted by Crippen LogP contribution is -2.27. The molecule has 4 nitrogen and oxygen atoms in total. The Hall–Kier alpha value is -2.34. The van der Waals surface area contributed by atoms with Crippen molar-refractivity contribution in [3.63, 3.8) is 0 Å². The molecule has 2 heterocycles. The van der Waals surface area contributed by atoms with Crippen molar-refractivity contribution in [3.05, 3.63) is 58.9 Å². The highest BCUT2D eigenvalue weighted by Gasteiger charge is 2.37. The quantitative estimate of drug-likeness (QED) is 0.885. The summed E-state index contributed by atoms with van der Waals surface area (Å²) in [7, 11) is 0. The number of carbonyl (C=O) groups excluding carboxylic acids is 1. The fourth-order valence-electron chi connectivity index (χ4n) is 2.91. The van der Waals surface area contributed by atoms with Gasteiger partial charge in [-0.05, 0) is 23.8 Å². The van der Waals surface area contributed by atoms with Gasteiger partial charge in [0.25, 0.3) is 0 Å². The molecule has 1 aromatic carbocycles. The van der Waals surface area contributed by atoms with Crippen LogP contribution in [-0.4, -0.2) is 23.0 Å². The highest BCUT2D eigenvalue weighted by atomic mass is 19.2. The molecule has 0 saturated heterocycles. The maximum atomic E-state index is 13.3. The number of rotatable bonds is 3. The standard InChI is InChI=1S/C17H16F2N2O2/c1-17(2)8-21(9-22)14-6-11(7-20-16(14)17)15(23)10-3-4-12(18)13(19)5-10/h3-7,9,15,23H,8H2,1-2H3. The van der Waals surface area contributed by atoms with Crippen LogP contribution in [0.2, 0.25) is 0 Å². The van der Waals surface area contributed by atoms with Crippen molar-refractivity contribution in [2.75, 3.05) is 11.4 Å². The van der Waals surface area contributed by atoms with Crippen molar-refractivity contribution < 1.29 is 18.7 Å². The molecular formula is C17H16F2N2O2. The summed E-state index contributed by atoms with van der Waals surface area (Å²) in [6.45, 7) is 4.46. The van der Waals surface area contributed by atoms with Crippen LogP contribution in [0.15, 0.2) is 30.5 Å². The molecule has 0 saturated carbocycles. The molecule has 6 heteroatoms. The lowest BCUT2D eigenvalue weighted by Gasteiger charge is -2.17. The van der Waals surface area contributed by atoms with Crippen molar-refractivity contribution in [3.8, 4) is 0 Å². The number of halogens is 2. The molecule has 0 spiro atoms. The second kappa shape index (κ2) is 5.38. The van der Waals surface area contributed by atoms with E-state index in [2.05, 4.69) is 4.98 Å². The molecule has 1 aromatic heterocycles. The summed E-state index contributed by atoms with van der Waals surface area (Å²) < 4.78 is 26.3. The van der Waals surface area contributed by atoms with Crippen molar-refractivity contribution in [1.29, 1.82) is 0 Å². The Morgan fingerprint density at radius 2 is 2.00 bits per heavy atom. The predicted molar refractivity (Wildman–Crippen MR) is 81.1 cm³/mol. The van der Waals surface area contributed by atoms with Gasteiger partial charge < -0.3 is 10.0 Å². The summed E-state index contributed by atoms with van der Waals surface area (Å²) in [5.74, 6) is -1.99. The van der Waals surface area contributed by atoms with E-state index in [-0.39, 0.29) is 11.0 Å². The average molecular weight is 318 g/mol. The van der Waals surface area contributed by atoms with Crippen molar-refractivity contribution in [2.45, 2.75) is 25.4 Å². The number of hydrogen-bond acceptors (Lipinski definition) is 3. The van der Waals surface area contributed by atoms with Crippen LogP contribution in [0.5, 0.6) is 0 Å². The van der Waals surface area contributed by atoms with E-state index in [1.807, 2.05) is 13.8 Å². The summed E-state index contributed by atoms with van der Waals surface area (Å²) >= 11 is 0. The van der Waals surface area contributed by atoms with Crippen LogP contribution in [0.4, 0.5) is 14.5 Å². The van der Waals surface area contributed by atoms with Crippen LogP contribution in [-0.2, 0) is 10.2 Å². The number of aliphatic hydroxyl groups is 1. The highest BCUT2D eigenvalue weighted by molar-refractivity contribution is 5.80. The number of hydrogen-bond donors (Lipinski definition) is 1. The van der Waals surface area contributed by atoms with Gasteiger partial charge in [-0.3, -0.25) is 9.78 Å². The number of nitrogens with zero attached hydrogens (tertiary/aromatic N) is 2. The van der Waals surface area contributed by atoms with Gasteiger partial charge in [-0.1, -0.05) is 19.9 Å². The third-order valence-corrected chi connectivity index (χ3v) is 4.11. The van der Waals surface area contributed by atoms with Gasteiger partial charge in [0.05, 0.1) is 11.4 Å². The lowest BCUT2D eigenvalue weighted by molar-refractivity contribution is -0.107. The topological polar surface area (TPSA) is 53.4 Å². The van der Waals surface area contributed by atoms with Gasteiger partial charge in [0, 0.05) is 23.7 Å². The van der Waals surface area contributed by atoms with E-state index in [0.29, 0.717) is 17.8 Å². The summed E-state index contributed by atoms with van der Waals surface area (Å²) in [5, 5.41) is 10.4. The van der Waals surface area contributed by atoms with Crippen molar-refractivity contribution in [1.82, 2.24) is 4.98 Å². The zero-order valence-corrected chi connectivity index (χ0v) is 12.8. The Morgan fingerprint density at radius 1 is 1.26 bits per heavy atom. The molecule has 1 unspecified atom stereocenters. The summed E-state index contributed by atoms with van der Waals surface area (Å²) in [6.07, 6.45) is 1.07. The summed E-state index contributed by atoms with van der Waals surface area (Å²) in [4.78, 5) is 17.1. The second-order valence-corrected chi connectivity index (χ2v) is 6.33. The molecule has 0 radical (unpaired) electrons. The molecule has 1 aliphatic heterocycles. The van der Waals surface area contributed by atoms with Gasteiger partial charge in [-0.15, -0.1) is 0 Å². The van der Waals surface area contributed by atoms with Gasteiger partial charge >= 0.3 is 0 Å². The van der Waals surface area contributed by atoms with Gasteiger partial charge in [-0.2, -0.15) is 0 Å². The third-order valence-electron chi connectivity index (χ3n) is 4.11. The maximum Gasteiger partial charge on any atom is 0.214 e. The molecule has 0 bridgehead atoms. The Bertz CT molecular complexity index is 777. The fraction of sp³-hybridized carbons (Fsp3) is 0.294. The molecule has 3 rings (SSSR count). The molecule has 0 fully saturated rings. The SMILES string of the molecule is CC1(C)CN(C=O)c2cc(C(O)c3ccc(F)c(F)c3)cnc21. The number of benzene rings is 1. The first-order chi connectivity index (χ1) is 10.8. The molecule has 0 aliphatic carbocycles. The summed E-state index contributed by atoms with van der Waals surface area (Å²) in [5.41, 5.74) is 1.76. The van der Waals surface area contributed by atoms with E-state index in [1.165, 1.54) is 17.2 Å². The molecule has 23 heavy (non-hydrogen) atoms. The van der Waals surface area contributed by atoms with E-state index in [1.54, 1.807) is 6.07 Å². The number of amides is 1. The number of pyridine rings is 1. The van der Waals surface area contributed by atoms with Gasteiger partial charge in [-0.25, -0.2) is 8.78 Å². The van der Waals surface area contributed by atoms with E-state index < -0.39 is 17.7 Å². The molecule has 1 atom stereocenters. The van der Waals surface area contributed by atoms with Gasteiger partial charge in [0.15, 0.2) is 11.6 Å². The van der Waals surface area contributed by atoms with Crippen LogP contribution in [0.1, 0.15) is 36.8 Å². The largest absolute Gasteiger partial charge is 0.384 e. The average Bonchev–Trinajstić information content (AvgIpc) is 2.79. The maximum absolute atomic E-state index is 13.3. The smallest absolute Gasteiger partial charge is 0.214 e. The number of fused-ring (bicyclic) bond motifs is 1. The first-order valence-corrected chi connectivity index (χ1v) is 7.19. The van der Waals surface area contributed by atoms with Crippen LogP contribution in [0.25, 0.3) is 0 Å². The Labute approximate surface area is 132 Å². The minimum atomic E-state index is -1.15. The highest BCUT2D eigenvalue weighted by Crippen LogP contribution is 2.39. The minimum Gasteiger partial charge on any atom is -0.384 e. The van der Waals surface area contributed by atoms with Crippen LogP contribution >= 0.6 is 0 Å². The number of anilines is 1. The number of aromatic nitrogens is 1. The zero-order valence-electron chi connectivity index (χ0n) is 12.8. The molecule has 1 amide bonds. The lowest BCUT2D eigenvalue weighted by atomic mass is 9.91. The van der Waals surface area contributed by atoms with E-state index in [4.69, 9.17) is 0 Å². The molecular weight excluding hydrogens is 302 g/mol. The third kappa shape index (κ3) is 2.59. The number of aliphatic hydroxyl groups excluding tert-OH is 1. The van der Waals surface area contributed by atoms with E-state index in [0.717, 1.165) is 24.2 Å². The molecule has 2 aromatic rings. The molecule has 1 N–H and O–H groups in total. The fourth-order valence-corrected chi connectivity index (χ4v) is 2.91. The van der Waals surface area contributed by atoms with Gasteiger partial charge in [0.2, 0.25) is 6.41 Å². The van der Waals surface area contributed by atoms with Crippen LogP contribution < -0.4 is 4.90 Å². The summed E-state index contributed by atoms with van der Waals surface area (Å²) in [6, 6.07) is 4.90. The first kappa shape index (κ1) is 15.6. The van der Waals surface area contributed by atoms with E-state index in [9.17, 15) is 18.7 Å². The predicted octanol–water partition coefficient (Wildman–Crippen LogP) is 2.70. The molecule has 1 aliphatic rings. The van der Waals surface area contributed by atoms with Crippen molar-refractivity contribution >= 4 is 12.1 Å². The van der Waals surface area contributed by atoms with Crippen molar-refractivity contribution in [2.24, 2.45) is 0 Å². The minimum absolute atomic E-state index is 0.223. The normalized spacial score (nSPS) is 17.0. The number of carbonyl (C=O) groups is 1. The Balaban J connectivity index is 2.01. The first-order valence-electron chi connectivity index (χ1n) is 7.19. The van der Waals surface area contributed by atoms with Crippen LogP contribution in [0.3, 0.4) is 0 Å². The van der Waals surface area contributed by atoms with E-state index >= 15 is 0 Å². The van der Waals surface area contributed by atoms with Crippen LogP contribution in [0, 0.1) is 11.6 Å². The Morgan fingerprint density at radius 3 is 2.65 bits per heavy atom.